The SMILES string of the molecule is O=C(NC1CCOCC1)C1CCCN(c2ncccn2)C1. The summed E-state index contributed by atoms with van der Waals surface area (Å²) in [6.07, 6.45) is 7.28. The second-order valence-electron chi connectivity index (χ2n) is 5.73. The minimum Gasteiger partial charge on any atom is -0.381 e. The van der Waals surface area contributed by atoms with Gasteiger partial charge in [0.25, 0.3) is 0 Å². The third kappa shape index (κ3) is 3.69. The van der Waals surface area contributed by atoms with E-state index in [-0.39, 0.29) is 17.9 Å². The third-order valence-electron chi connectivity index (χ3n) is 4.19. The van der Waals surface area contributed by atoms with E-state index in [1.807, 2.05) is 6.07 Å². The number of nitrogens with zero attached hydrogens (tertiary/aromatic N) is 3. The third-order valence-corrected chi connectivity index (χ3v) is 4.19. The van der Waals surface area contributed by atoms with E-state index in [2.05, 4.69) is 20.2 Å². The number of aromatic nitrogens is 2. The molecule has 1 atom stereocenters. The Hall–Kier alpha value is -1.69. The van der Waals surface area contributed by atoms with Crippen LogP contribution in [0, 0.1) is 5.92 Å². The van der Waals surface area contributed by atoms with Crippen LogP contribution < -0.4 is 10.2 Å². The maximum absolute atomic E-state index is 12.4. The molecule has 0 saturated carbocycles. The molecule has 0 bridgehead atoms. The van der Waals surface area contributed by atoms with Gasteiger partial charge in [-0.15, -0.1) is 0 Å². The number of hydrogen-bond donors (Lipinski definition) is 1. The number of nitrogens with one attached hydrogen (secondary N) is 1. The molecule has 1 aromatic rings. The fourth-order valence-corrected chi connectivity index (χ4v) is 2.99. The molecule has 3 heterocycles. The van der Waals surface area contributed by atoms with E-state index in [4.69, 9.17) is 4.74 Å². The standard InChI is InChI=1S/C15H22N4O2/c20-14(18-13-4-9-21-10-5-13)12-3-1-8-19(11-12)15-16-6-2-7-17-15/h2,6-7,12-13H,1,3-5,8-11H2,(H,18,20). The first-order chi connectivity index (χ1) is 10.3. The highest BCUT2D eigenvalue weighted by atomic mass is 16.5. The van der Waals surface area contributed by atoms with Crippen molar-refractivity contribution >= 4 is 11.9 Å². The van der Waals surface area contributed by atoms with E-state index < -0.39 is 0 Å². The first-order valence-corrected chi connectivity index (χ1v) is 7.73. The van der Waals surface area contributed by atoms with Gasteiger partial charge in [0.15, 0.2) is 0 Å². The van der Waals surface area contributed by atoms with Crippen molar-refractivity contribution in [2.24, 2.45) is 5.92 Å². The Bertz CT molecular complexity index is 462. The number of amides is 1. The highest BCUT2D eigenvalue weighted by Crippen LogP contribution is 2.20. The fourth-order valence-electron chi connectivity index (χ4n) is 2.99. The van der Waals surface area contributed by atoms with Crippen LogP contribution in [-0.4, -0.2) is 48.2 Å². The zero-order valence-electron chi connectivity index (χ0n) is 12.2. The van der Waals surface area contributed by atoms with E-state index in [9.17, 15) is 4.79 Å². The van der Waals surface area contributed by atoms with Crippen LogP contribution in [0.3, 0.4) is 0 Å². The predicted octanol–water partition coefficient (Wildman–Crippen LogP) is 0.988. The summed E-state index contributed by atoms with van der Waals surface area (Å²) in [5.41, 5.74) is 0. The second kappa shape index (κ2) is 6.85. The minimum atomic E-state index is 0.0328. The van der Waals surface area contributed by atoms with Crippen molar-refractivity contribution in [2.75, 3.05) is 31.2 Å². The molecule has 1 N–H and O–H groups in total. The fraction of sp³-hybridized carbons (Fsp3) is 0.667. The summed E-state index contributed by atoms with van der Waals surface area (Å²) in [5, 5.41) is 3.17. The number of carbonyl (C=O) groups excluding carboxylic acids is 1. The minimum absolute atomic E-state index is 0.0328. The van der Waals surface area contributed by atoms with Gasteiger partial charge < -0.3 is 15.0 Å². The van der Waals surface area contributed by atoms with Crippen molar-refractivity contribution in [2.45, 2.75) is 31.7 Å². The van der Waals surface area contributed by atoms with Crippen LogP contribution in [0.4, 0.5) is 5.95 Å². The monoisotopic (exact) mass is 290 g/mol. The molecule has 0 spiro atoms. The van der Waals surface area contributed by atoms with Crippen molar-refractivity contribution in [3.63, 3.8) is 0 Å². The number of anilines is 1. The summed E-state index contributed by atoms with van der Waals surface area (Å²) in [6, 6.07) is 2.08. The molecule has 2 aliphatic heterocycles. The lowest BCUT2D eigenvalue weighted by Gasteiger charge is -2.33. The molecule has 1 amide bonds. The zero-order valence-corrected chi connectivity index (χ0v) is 12.2. The largest absolute Gasteiger partial charge is 0.381 e. The summed E-state index contributed by atoms with van der Waals surface area (Å²) in [6.45, 7) is 3.13. The Morgan fingerprint density at radius 3 is 2.76 bits per heavy atom. The lowest BCUT2D eigenvalue weighted by Crippen LogP contribution is -2.47. The van der Waals surface area contributed by atoms with Crippen molar-refractivity contribution in [1.29, 1.82) is 0 Å². The number of hydrogen-bond acceptors (Lipinski definition) is 5. The highest BCUT2D eigenvalue weighted by Gasteiger charge is 2.28. The molecule has 2 aliphatic rings. The smallest absolute Gasteiger partial charge is 0.225 e. The van der Waals surface area contributed by atoms with Crippen LogP contribution in [0.1, 0.15) is 25.7 Å². The zero-order chi connectivity index (χ0) is 14.5. The molecule has 0 aliphatic carbocycles. The molecular formula is C15H22N4O2. The Morgan fingerprint density at radius 1 is 1.24 bits per heavy atom. The number of carbonyl (C=O) groups is 1. The van der Waals surface area contributed by atoms with E-state index in [0.29, 0.717) is 6.54 Å². The molecule has 114 valence electrons. The van der Waals surface area contributed by atoms with Crippen molar-refractivity contribution in [1.82, 2.24) is 15.3 Å². The van der Waals surface area contributed by atoms with Crippen LogP contribution in [-0.2, 0) is 9.53 Å². The van der Waals surface area contributed by atoms with Gasteiger partial charge in [-0.3, -0.25) is 4.79 Å². The molecule has 6 heteroatoms. The average molecular weight is 290 g/mol. The van der Waals surface area contributed by atoms with Gasteiger partial charge in [-0.1, -0.05) is 0 Å². The summed E-state index contributed by atoms with van der Waals surface area (Å²) in [7, 11) is 0. The molecule has 0 radical (unpaired) electrons. The first kappa shape index (κ1) is 14.3. The summed E-state index contributed by atoms with van der Waals surface area (Å²) < 4.78 is 5.33. The van der Waals surface area contributed by atoms with E-state index in [1.54, 1.807) is 12.4 Å². The normalized spacial score (nSPS) is 23.8. The van der Waals surface area contributed by atoms with E-state index in [1.165, 1.54) is 0 Å². The average Bonchev–Trinajstić information content (AvgIpc) is 2.57. The highest BCUT2D eigenvalue weighted by molar-refractivity contribution is 5.79. The molecule has 6 nitrogen and oxygen atoms in total. The van der Waals surface area contributed by atoms with Gasteiger partial charge in [-0.25, -0.2) is 9.97 Å². The molecule has 1 aromatic heterocycles. The Morgan fingerprint density at radius 2 is 2.00 bits per heavy atom. The van der Waals surface area contributed by atoms with Crippen LogP contribution in [0.2, 0.25) is 0 Å². The van der Waals surface area contributed by atoms with Gasteiger partial charge in [0, 0.05) is 44.7 Å². The number of piperidine rings is 1. The van der Waals surface area contributed by atoms with Gasteiger partial charge in [0.1, 0.15) is 0 Å². The Kier molecular flexibility index (Phi) is 4.65. The molecular weight excluding hydrogens is 268 g/mol. The van der Waals surface area contributed by atoms with Crippen LogP contribution in [0.25, 0.3) is 0 Å². The van der Waals surface area contributed by atoms with Gasteiger partial charge in [0.05, 0.1) is 5.92 Å². The quantitative estimate of drug-likeness (QED) is 0.899. The van der Waals surface area contributed by atoms with Crippen molar-refractivity contribution < 1.29 is 9.53 Å². The lowest BCUT2D eigenvalue weighted by atomic mass is 9.96. The molecule has 3 rings (SSSR count). The summed E-state index contributed by atoms with van der Waals surface area (Å²) >= 11 is 0. The lowest BCUT2D eigenvalue weighted by molar-refractivity contribution is -0.126. The van der Waals surface area contributed by atoms with Gasteiger partial charge in [0.2, 0.25) is 11.9 Å². The Balaban J connectivity index is 1.56. The topological polar surface area (TPSA) is 67.3 Å². The van der Waals surface area contributed by atoms with Crippen LogP contribution in [0.5, 0.6) is 0 Å². The number of ether oxygens (including phenoxy) is 1. The van der Waals surface area contributed by atoms with Crippen molar-refractivity contribution in [3.8, 4) is 0 Å². The Labute approximate surface area is 124 Å². The van der Waals surface area contributed by atoms with Gasteiger partial charge in [-0.05, 0) is 31.7 Å². The molecule has 0 aromatic carbocycles. The van der Waals surface area contributed by atoms with Crippen molar-refractivity contribution in [3.05, 3.63) is 18.5 Å². The van der Waals surface area contributed by atoms with Gasteiger partial charge in [-0.2, -0.15) is 0 Å². The first-order valence-electron chi connectivity index (χ1n) is 7.73. The van der Waals surface area contributed by atoms with Gasteiger partial charge >= 0.3 is 0 Å². The molecule has 21 heavy (non-hydrogen) atoms. The van der Waals surface area contributed by atoms with Crippen LogP contribution in [0.15, 0.2) is 18.5 Å². The summed E-state index contributed by atoms with van der Waals surface area (Å²) in [5.74, 6) is 0.925. The predicted molar refractivity (Wildman–Crippen MR) is 79.0 cm³/mol. The summed E-state index contributed by atoms with van der Waals surface area (Å²) in [4.78, 5) is 23.1. The van der Waals surface area contributed by atoms with E-state index in [0.717, 1.165) is 51.4 Å². The molecule has 1 unspecified atom stereocenters. The maximum Gasteiger partial charge on any atom is 0.225 e. The molecule has 2 fully saturated rings. The second-order valence-corrected chi connectivity index (χ2v) is 5.73. The van der Waals surface area contributed by atoms with Crippen LogP contribution >= 0.6 is 0 Å². The number of rotatable bonds is 3. The van der Waals surface area contributed by atoms with E-state index >= 15 is 0 Å². The maximum atomic E-state index is 12.4. The molecule has 2 saturated heterocycles.